The topological polar surface area (TPSA) is 78.5 Å². The third kappa shape index (κ3) is 5.09. The predicted molar refractivity (Wildman–Crippen MR) is 97.8 cm³/mol. The summed E-state index contributed by atoms with van der Waals surface area (Å²) >= 11 is 6.01. The summed E-state index contributed by atoms with van der Waals surface area (Å²) in [5.41, 5.74) is 0.941. The van der Waals surface area contributed by atoms with Crippen molar-refractivity contribution in [3.05, 3.63) is 52.9 Å². The van der Waals surface area contributed by atoms with Gasteiger partial charge in [-0.05, 0) is 43.2 Å². The van der Waals surface area contributed by atoms with E-state index in [2.05, 4.69) is 5.32 Å². The molecule has 1 fully saturated rings. The highest BCUT2D eigenvalue weighted by molar-refractivity contribution is 6.32. The molecule has 1 aliphatic heterocycles. The number of rotatable bonds is 7. The first-order chi connectivity index (χ1) is 12.6. The Morgan fingerprint density at radius 2 is 2.31 bits per heavy atom. The lowest BCUT2D eigenvalue weighted by Crippen LogP contribution is -2.37. The molecule has 2 aromatic rings. The predicted octanol–water partition coefficient (Wildman–Crippen LogP) is 3.42. The van der Waals surface area contributed by atoms with Crippen molar-refractivity contribution in [3.8, 4) is 6.07 Å². The smallest absolute Gasteiger partial charge is 0.238 e. The maximum absolute atomic E-state index is 12.5. The highest BCUT2D eigenvalue weighted by atomic mass is 35.5. The summed E-state index contributed by atoms with van der Waals surface area (Å²) < 4.78 is 11.1. The summed E-state index contributed by atoms with van der Waals surface area (Å²) in [5, 5.41) is 12.1. The van der Waals surface area contributed by atoms with Crippen LogP contribution in [0.5, 0.6) is 0 Å². The van der Waals surface area contributed by atoms with Gasteiger partial charge in [-0.1, -0.05) is 11.6 Å². The molecule has 2 heterocycles. The normalized spacial score (nSPS) is 16.6. The monoisotopic (exact) mass is 373 g/mol. The fourth-order valence-electron chi connectivity index (χ4n) is 2.97. The lowest BCUT2D eigenvalue weighted by atomic mass is 10.2. The molecule has 0 bridgehead atoms. The molecule has 0 aliphatic carbocycles. The maximum atomic E-state index is 12.5. The largest absolute Gasteiger partial charge is 0.468 e. The summed E-state index contributed by atoms with van der Waals surface area (Å²) in [7, 11) is 0. The van der Waals surface area contributed by atoms with Crippen molar-refractivity contribution in [3.63, 3.8) is 0 Å². The second-order valence-corrected chi connectivity index (χ2v) is 6.65. The van der Waals surface area contributed by atoms with Crippen LogP contribution in [-0.2, 0) is 16.1 Å². The standard InChI is InChI=1S/C19H20ClN3O3/c20-18-9-15(6-5-14(18)10-21)22-19(24)13-23(11-16-3-1-7-25-16)12-17-4-2-8-26-17/h1,3,5-7,9,17H,2,4,8,11-13H2,(H,22,24). The zero-order valence-corrected chi connectivity index (χ0v) is 15.0. The van der Waals surface area contributed by atoms with Crippen molar-refractivity contribution < 1.29 is 13.9 Å². The van der Waals surface area contributed by atoms with Crippen LogP contribution in [0.15, 0.2) is 41.0 Å². The summed E-state index contributed by atoms with van der Waals surface area (Å²) in [6, 6.07) is 10.5. The molecule has 1 atom stereocenters. The Labute approximate surface area is 157 Å². The van der Waals surface area contributed by atoms with Crippen LogP contribution >= 0.6 is 11.6 Å². The zero-order chi connectivity index (χ0) is 18.4. The SMILES string of the molecule is N#Cc1ccc(NC(=O)CN(Cc2ccco2)CC2CCCO2)cc1Cl. The second-order valence-electron chi connectivity index (χ2n) is 6.24. The van der Waals surface area contributed by atoms with Crippen molar-refractivity contribution in [1.82, 2.24) is 4.90 Å². The summed E-state index contributed by atoms with van der Waals surface area (Å²) in [6.45, 7) is 2.18. The van der Waals surface area contributed by atoms with Gasteiger partial charge in [-0.3, -0.25) is 9.69 Å². The average Bonchev–Trinajstić information content (AvgIpc) is 3.29. The molecule has 1 saturated heterocycles. The fourth-order valence-corrected chi connectivity index (χ4v) is 3.19. The molecule has 1 unspecified atom stereocenters. The number of hydrogen-bond acceptors (Lipinski definition) is 5. The van der Waals surface area contributed by atoms with E-state index >= 15 is 0 Å². The second kappa shape index (κ2) is 8.86. The lowest BCUT2D eigenvalue weighted by molar-refractivity contribution is -0.117. The lowest BCUT2D eigenvalue weighted by Gasteiger charge is -2.23. The van der Waals surface area contributed by atoms with Crippen LogP contribution in [0.4, 0.5) is 5.69 Å². The quantitative estimate of drug-likeness (QED) is 0.804. The van der Waals surface area contributed by atoms with E-state index in [4.69, 9.17) is 26.0 Å². The fraction of sp³-hybridized carbons (Fsp3) is 0.368. The highest BCUT2D eigenvalue weighted by Crippen LogP contribution is 2.20. The Morgan fingerprint density at radius 1 is 1.42 bits per heavy atom. The Hall–Kier alpha value is -2.33. The van der Waals surface area contributed by atoms with Crippen molar-refractivity contribution in [2.24, 2.45) is 0 Å². The third-order valence-electron chi connectivity index (χ3n) is 4.19. The Kier molecular flexibility index (Phi) is 6.29. The zero-order valence-electron chi connectivity index (χ0n) is 14.3. The number of carbonyl (C=O) groups is 1. The van der Waals surface area contributed by atoms with Gasteiger partial charge in [0.25, 0.3) is 0 Å². The van der Waals surface area contributed by atoms with Gasteiger partial charge in [-0.25, -0.2) is 0 Å². The number of halogens is 1. The molecule has 0 spiro atoms. The van der Waals surface area contributed by atoms with Gasteiger partial charge in [-0.2, -0.15) is 5.26 Å². The molecule has 26 heavy (non-hydrogen) atoms. The third-order valence-corrected chi connectivity index (χ3v) is 4.50. The first-order valence-corrected chi connectivity index (χ1v) is 8.87. The summed E-state index contributed by atoms with van der Waals surface area (Å²) in [6.07, 6.45) is 3.82. The van der Waals surface area contributed by atoms with Crippen LogP contribution in [0.2, 0.25) is 5.02 Å². The number of nitrogens with zero attached hydrogens (tertiary/aromatic N) is 2. The molecular weight excluding hydrogens is 354 g/mol. The van der Waals surface area contributed by atoms with Gasteiger partial charge in [-0.15, -0.1) is 0 Å². The van der Waals surface area contributed by atoms with Gasteiger partial charge in [0.2, 0.25) is 5.91 Å². The van der Waals surface area contributed by atoms with E-state index < -0.39 is 0 Å². The number of nitrogens with one attached hydrogen (secondary N) is 1. The maximum Gasteiger partial charge on any atom is 0.238 e. The molecule has 1 aromatic heterocycles. The van der Waals surface area contributed by atoms with Crippen LogP contribution < -0.4 is 5.32 Å². The van der Waals surface area contributed by atoms with Gasteiger partial charge in [0.05, 0.1) is 36.0 Å². The van der Waals surface area contributed by atoms with Crippen molar-refractivity contribution in [2.45, 2.75) is 25.5 Å². The number of carbonyl (C=O) groups excluding carboxylic acids is 1. The van der Waals surface area contributed by atoms with Crippen LogP contribution in [0, 0.1) is 11.3 Å². The first kappa shape index (κ1) is 18.5. The van der Waals surface area contributed by atoms with Gasteiger partial charge in [0.1, 0.15) is 11.8 Å². The van der Waals surface area contributed by atoms with Gasteiger partial charge in [0.15, 0.2) is 0 Å². The molecule has 0 radical (unpaired) electrons. The Balaban J connectivity index is 1.62. The average molecular weight is 374 g/mol. The molecular formula is C19H20ClN3O3. The van der Waals surface area contributed by atoms with Crippen LogP contribution in [0.3, 0.4) is 0 Å². The Bertz CT molecular complexity index is 780. The molecule has 7 heteroatoms. The van der Waals surface area contributed by atoms with Crippen molar-refractivity contribution in [1.29, 1.82) is 5.26 Å². The van der Waals surface area contributed by atoms with Crippen molar-refractivity contribution in [2.75, 3.05) is 25.0 Å². The highest BCUT2D eigenvalue weighted by Gasteiger charge is 2.21. The van der Waals surface area contributed by atoms with Gasteiger partial charge < -0.3 is 14.5 Å². The number of nitriles is 1. The molecule has 1 aromatic carbocycles. The van der Waals surface area contributed by atoms with E-state index in [0.29, 0.717) is 29.4 Å². The van der Waals surface area contributed by atoms with Crippen molar-refractivity contribution >= 4 is 23.2 Å². The van der Waals surface area contributed by atoms with Gasteiger partial charge >= 0.3 is 0 Å². The first-order valence-electron chi connectivity index (χ1n) is 8.50. The van der Waals surface area contributed by atoms with E-state index in [1.54, 1.807) is 24.5 Å². The molecule has 136 valence electrons. The van der Waals surface area contributed by atoms with E-state index in [0.717, 1.165) is 25.2 Å². The molecule has 1 aliphatic rings. The molecule has 1 amide bonds. The molecule has 3 rings (SSSR count). The van der Waals surface area contributed by atoms with E-state index in [-0.39, 0.29) is 18.6 Å². The van der Waals surface area contributed by atoms with Crippen LogP contribution in [-0.4, -0.2) is 36.6 Å². The number of ether oxygens (including phenoxy) is 1. The number of amides is 1. The number of furan rings is 1. The molecule has 0 saturated carbocycles. The summed E-state index contributed by atoms with van der Waals surface area (Å²) in [4.78, 5) is 14.5. The Morgan fingerprint density at radius 3 is 2.96 bits per heavy atom. The molecule has 6 nitrogen and oxygen atoms in total. The molecule has 1 N–H and O–H groups in total. The number of hydrogen-bond donors (Lipinski definition) is 1. The summed E-state index contributed by atoms with van der Waals surface area (Å²) in [5.74, 6) is 0.646. The van der Waals surface area contributed by atoms with Crippen LogP contribution in [0.25, 0.3) is 0 Å². The van der Waals surface area contributed by atoms with E-state index in [1.807, 2.05) is 23.1 Å². The number of anilines is 1. The van der Waals surface area contributed by atoms with Crippen LogP contribution in [0.1, 0.15) is 24.2 Å². The minimum atomic E-state index is -0.157. The van der Waals surface area contributed by atoms with E-state index in [1.165, 1.54) is 0 Å². The van der Waals surface area contributed by atoms with E-state index in [9.17, 15) is 4.79 Å². The van der Waals surface area contributed by atoms with Gasteiger partial charge in [0, 0.05) is 18.8 Å². The minimum absolute atomic E-state index is 0.141. The number of benzene rings is 1. The minimum Gasteiger partial charge on any atom is -0.468 e.